The number of aliphatic imine (C=N–C) groups is 1. The number of carbonyl (C=O) groups is 1. The third-order valence-electron chi connectivity index (χ3n) is 4.63. The van der Waals surface area contributed by atoms with Crippen LogP contribution in [-0.4, -0.2) is 35.1 Å². The standard InChI is InChI=1S/C19H24N4O2/c1-5-12(3)16-17-18(23(6-2)22-16)19(24)20-11-15(21-17)13-7-9-14(25-4)10-8-13/h7-10,12H,5-6,11H2,1-4H3,(H,20,24). The second-order valence-corrected chi connectivity index (χ2v) is 6.18. The molecule has 2 heterocycles. The Kier molecular flexibility index (Phi) is 4.88. The van der Waals surface area contributed by atoms with E-state index in [4.69, 9.17) is 9.73 Å². The van der Waals surface area contributed by atoms with Gasteiger partial charge in [0.1, 0.15) is 11.4 Å². The summed E-state index contributed by atoms with van der Waals surface area (Å²) in [5.41, 5.74) is 3.95. The van der Waals surface area contributed by atoms with Crippen molar-refractivity contribution in [3.63, 3.8) is 0 Å². The molecule has 3 rings (SSSR count). The highest BCUT2D eigenvalue weighted by atomic mass is 16.5. The molecule has 132 valence electrons. The first kappa shape index (κ1) is 17.2. The van der Waals surface area contributed by atoms with E-state index >= 15 is 0 Å². The Morgan fingerprint density at radius 2 is 2.00 bits per heavy atom. The quantitative estimate of drug-likeness (QED) is 0.908. The first-order chi connectivity index (χ1) is 12.1. The Labute approximate surface area is 147 Å². The summed E-state index contributed by atoms with van der Waals surface area (Å²) in [5, 5.41) is 7.62. The molecule has 1 amide bonds. The average molecular weight is 340 g/mol. The van der Waals surface area contributed by atoms with Gasteiger partial charge in [0.05, 0.1) is 25.1 Å². The van der Waals surface area contributed by atoms with Crippen molar-refractivity contribution in [2.45, 2.75) is 39.7 Å². The van der Waals surface area contributed by atoms with E-state index < -0.39 is 0 Å². The fourth-order valence-corrected chi connectivity index (χ4v) is 2.93. The summed E-state index contributed by atoms with van der Waals surface area (Å²) in [4.78, 5) is 17.5. The molecule has 1 aliphatic rings. The number of carbonyl (C=O) groups excluding carboxylic acids is 1. The predicted octanol–water partition coefficient (Wildman–Crippen LogP) is 3.29. The number of benzene rings is 1. The summed E-state index contributed by atoms with van der Waals surface area (Å²) < 4.78 is 6.97. The lowest BCUT2D eigenvalue weighted by atomic mass is 10.0. The largest absolute Gasteiger partial charge is 0.497 e. The van der Waals surface area contributed by atoms with E-state index in [9.17, 15) is 4.79 Å². The molecular formula is C19H24N4O2. The highest BCUT2D eigenvalue weighted by molar-refractivity contribution is 6.10. The molecule has 2 aromatic rings. The van der Waals surface area contributed by atoms with Gasteiger partial charge in [-0.05, 0) is 43.2 Å². The number of rotatable bonds is 5. The minimum atomic E-state index is -0.119. The summed E-state index contributed by atoms with van der Waals surface area (Å²) >= 11 is 0. The molecule has 1 atom stereocenters. The molecule has 1 aliphatic heterocycles. The normalized spacial score (nSPS) is 15.0. The number of fused-ring (bicyclic) bond motifs is 1. The highest BCUT2D eigenvalue weighted by Gasteiger charge is 2.28. The van der Waals surface area contributed by atoms with E-state index in [1.807, 2.05) is 31.2 Å². The van der Waals surface area contributed by atoms with Gasteiger partial charge >= 0.3 is 0 Å². The van der Waals surface area contributed by atoms with Crippen molar-refractivity contribution >= 4 is 17.3 Å². The lowest BCUT2D eigenvalue weighted by molar-refractivity contribution is 0.0950. The molecule has 1 N–H and O–H groups in total. The van der Waals surface area contributed by atoms with Gasteiger partial charge in [-0.1, -0.05) is 13.8 Å². The molecule has 1 aromatic heterocycles. The summed E-state index contributed by atoms with van der Waals surface area (Å²) in [6.07, 6.45) is 0.947. The maximum atomic E-state index is 12.6. The van der Waals surface area contributed by atoms with Gasteiger partial charge in [0, 0.05) is 12.5 Å². The van der Waals surface area contributed by atoms with Crippen LogP contribution in [0.5, 0.6) is 5.75 Å². The maximum absolute atomic E-state index is 12.6. The van der Waals surface area contributed by atoms with Crippen LogP contribution in [0.3, 0.4) is 0 Å². The minimum Gasteiger partial charge on any atom is -0.497 e. The number of hydrogen-bond acceptors (Lipinski definition) is 4. The molecule has 6 heteroatoms. The van der Waals surface area contributed by atoms with Crippen LogP contribution in [0.25, 0.3) is 0 Å². The van der Waals surface area contributed by atoms with Gasteiger partial charge in [-0.15, -0.1) is 0 Å². The van der Waals surface area contributed by atoms with Crippen LogP contribution in [-0.2, 0) is 6.54 Å². The fourth-order valence-electron chi connectivity index (χ4n) is 2.93. The molecule has 1 unspecified atom stereocenters. The van der Waals surface area contributed by atoms with Gasteiger partial charge in [0.25, 0.3) is 5.91 Å². The molecular weight excluding hydrogens is 316 g/mol. The molecule has 0 saturated carbocycles. The maximum Gasteiger partial charge on any atom is 0.272 e. The zero-order valence-electron chi connectivity index (χ0n) is 15.2. The Balaban J connectivity index is 2.13. The molecule has 0 saturated heterocycles. The van der Waals surface area contributed by atoms with Crippen LogP contribution in [0, 0.1) is 0 Å². The number of aromatic nitrogens is 2. The average Bonchev–Trinajstić information content (AvgIpc) is 2.93. The van der Waals surface area contributed by atoms with Crippen molar-refractivity contribution in [1.29, 1.82) is 0 Å². The molecule has 0 fully saturated rings. The van der Waals surface area contributed by atoms with Gasteiger partial charge in [0.2, 0.25) is 0 Å². The lowest BCUT2D eigenvalue weighted by Gasteiger charge is -2.08. The Bertz CT molecular complexity index is 806. The zero-order valence-corrected chi connectivity index (χ0v) is 15.2. The van der Waals surface area contributed by atoms with E-state index in [1.54, 1.807) is 11.8 Å². The number of nitrogens with zero attached hydrogens (tertiary/aromatic N) is 3. The van der Waals surface area contributed by atoms with E-state index in [0.717, 1.165) is 29.1 Å². The minimum absolute atomic E-state index is 0.119. The van der Waals surface area contributed by atoms with Crippen molar-refractivity contribution in [1.82, 2.24) is 15.1 Å². The van der Waals surface area contributed by atoms with Crippen molar-refractivity contribution in [2.24, 2.45) is 4.99 Å². The number of ether oxygens (including phenoxy) is 1. The summed E-state index contributed by atoms with van der Waals surface area (Å²) in [7, 11) is 1.64. The Morgan fingerprint density at radius 1 is 1.28 bits per heavy atom. The van der Waals surface area contributed by atoms with Crippen LogP contribution in [0.2, 0.25) is 0 Å². The summed E-state index contributed by atoms with van der Waals surface area (Å²) in [6, 6.07) is 7.72. The van der Waals surface area contributed by atoms with Gasteiger partial charge in [-0.25, -0.2) is 4.99 Å². The van der Waals surface area contributed by atoms with Crippen LogP contribution in [0.1, 0.15) is 54.9 Å². The SMILES string of the molecule is CCC(C)c1nn(CC)c2c1N=C(c1ccc(OC)cc1)CNC2=O. The van der Waals surface area contributed by atoms with Gasteiger partial charge in [-0.3, -0.25) is 9.48 Å². The molecule has 25 heavy (non-hydrogen) atoms. The molecule has 1 aromatic carbocycles. The summed E-state index contributed by atoms with van der Waals surface area (Å²) in [5.74, 6) is 0.918. The van der Waals surface area contributed by atoms with Crippen LogP contribution >= 0.6 is 0 Å². The van der Waals surface area contributed by atoms with Gasteiger partial charge in [-0.2, -0.15) is 5.10 Å². The van der Waals surface area contributed by atoms with Crippen LogP contribution in [0.15, 0.2) is 29.3 Å². The number of nitrogens with one attached hydrogen (secondary N) is 1. The van der Waals surface area contributed by atoms with Crippen molar-refractivity contribution in [3.8, 4) is 5.75 Å². The molecule has 6 nitrogen and oxygen atoms in total. The van der Waals surface area contributed by atoms with Crippen LogP contribution < -0.4 is 10.1 Å². The molecule has 0 radical (unpaired) electrons. The number of hydrogen-bond donors (Lipinski definition) is 1. The zero-order chi connectivity index (χ0) is 18.0. The van der Waals surface area contributed by atoms with Crippen molar-refractivity contribution in [2.75, 3.05) is 13.7 Å². The number of methoxy groups -OCH3 is 1. The van der Waals surface area contributed by atoms with E-state index in [0.29, 0.717) is 24.5 Å². The Morgan fingerprint density at radius 3 is 2.60 bits per heavy atom. The third-order valence-corrected chi connectivity index (χ3v) is 4.63. The Hall–Kier alpha value is -2.63. The van der Waals surface area contributed by atoms with E-state index in [-0.39, 0.29) is 11.8 Å². The van der Waals surface area contributed by atoms with Crippen molar-refractivity contribution < 1.29 is 9.53 Å². The molecule has 0 aliphatic carbocycles. The van der Waals surface area contributed by atoms with Crippen LogP contribution in [0.4, 0.5) is 5.69 Å². The van der Waals surface area contributed by atoms with Gasteiger partial charge < -0.3 is 10.1 Å². The van der Waals surface area contributed by atoms with Gasteiger partial charge in [0.15, 0.2) is 5.69 Å². The smallest absolute Gasteiger partial charge is 0.272 e. The highest BCUT2D eigenvalue weighted by Crippen LogP contribution is 2.33. The predicted molar refractivity (Wildman–Crippen MR) is 98.1 cm³/mol. The summed E-state index contributed by atoms with van der Waals surface area (Å²) in [6.45, 7) is 7.25. The second-order valence-electron chi connectivity index (χ2n) is 6.18. The van der Waals surface area contributed by atoms with E-state index in [2.05, 4.69) is 24.3 Å². The molecule has 0 bridgehead atoms. The third kappa shape index (κ3) is 3.16. The van der Waals surface area contributed by atoms with Crippen molar-refractivity contribution in [3.05, 3.63) is 41.2 Å². The topological polar surface area (TPSA) is 68.5 Å². The number of amides is 1. The molecule has 0 spiro atoms. The first-order valence-corrected chi connectivity index (χ1v) is 8.69. The lowest BCUT2D eigenvalue weighted by Crippen LogP contribution is -2.29. The fraction of sp³-hybridized carbons (Fsp3) is 0.421. The van der Waals surface area contributed by atoms with E-state index in [1.165, 1.54) is 0 Å². The number of aryl methyl sites for hydroxylation is 1. The second kappa shape index (κ2) is 7.09. The first-order valence-electron chi connectivity index (χ1n) is 8.69. The monoisotopic (exact) mass is 340 g/mol.